The number of nitriles is 1. The molecule has 2 amide bonds. The van der Waals surface area contributed by atoms with Crippen LogP contribution in [0.2, 0.25) is 0 Å². The molecular formula is C21H21N3O5. The Labute approximate surface area is 168 Å². The van der Waals surface area contributed by atoms with Crippen LogP contribution in [-0.4, -0.2) is 32.6 Å². The molecule has 0 atom stereocenters. The van der Waals surface area contributed by atoms with Crippen LogP contribution in [0.5, 0.6) is 17.2 Å². The molecule has 0 spiro atoms. The summed E-state index contributed by atoms with van der Waals surface area (Å²) < 4.78 is 15.9. The number of carbonyl (C=O) groups is 2. The van der Waals surface area contributed by atoms with E-state index in [1.807, 2.05) is 25.1 Å². The standard InChI is InChI=1S/C21H21N3O5/c1-13-6-4-5-7-16(13)24-21(26)15(11-22)8-14-9-17(27-2)20(18(10-14)28-3)29-12-19(23)25/h4-10H,12H2,1-3H3,(H2,23,25)(H,24,26)/b15-8+. The van der Waals surface area contributed by atoms with E-state index in [0.717, 1.165) is 5.56 Å². The van der Waals surface area contributed by atoms with E-state index in [2.05, 4.69) is 5.32 Å². The van der Waals surface area contributed by atoms with Crippen molar-refractivity contribution in [1.82, 2.24) is 0 Å². The Morgan fingerprint density at radius 1 is 1.17 bits per heavy atom. The number of primary amides is 1. The summed E-state index contributed by atoms with van der Waals surface area (Å²) in [6, 6.07) is 12.2. The summed E-state index contributed by atoms with van der Waals surface area (Å²) in [6.45, 7) is 1.50. The van der Waals surface area contributed by atoms with Crippen LogP contribution in [0.25, 0.3) is 6.08 Å². The van der Waals surface area contributed by atoms with Crippen molar-refractivity contribution in [3.05, 3.63) is 53.1 Å². The summed E-state index contributed by atoms with van der Waals surface area (Å²) in [5.74, 6) is -0.498. The van der Waals surface area contributed by atoms with Gasteiger partial charge in [0.15, 0.2) is 18.1 Å². The van der Waals surface area contributed by atoms with Gasteiger partial charge in [0.2, 0.25) is 5.75 Å². The summed E-state index contributed by atoms with van der Waals surface area (Å²) in [7, 11) is 2.82. The van der Waals surface area contributed by atoms with Gasteiger partial charge in [0, 0.05) is 5.69 Å². The van der Waals surface area contributed by atoms with E-state index in [4.69, 9.17) is 19.9 Å². The van der Waals surface area contributed by atoms with Crippen LogP contribution in [0.15, 0.2) is 42.0 Å². The number of benzene rings is 2. The number of rotatable bonds is 8. The molecule has 0 heterocycles. The number of para-hydroxylation sites is 1. The number of nitrogens with zero attached hydrogens (tertiary/aromatic N) is 1. The van der Waals surface area contributed by atoms with E-state index < -0.39 is 11.8 Å². The first kappa shape index (κ1) is 21.3. The van der Waals surface area contributed by atoms with Crippen LogP contribution < -0.4 is 25.3 Å². The number of aryl methyl sites for hydroxylation is 1. The molecule has 8 heteroatoms. The molecule has 3 N–H and O–H groups in total. The number of amides is 2. The fourth-order valence-corrected chi connectivity index (χ4v) is 2.49. The second-order valence-electron chi connectivity index (χ2n) is 5.95. The van der Waals surface area contributed by atoms with Gasteiger partial charge in [0.25, 0.3) is 11.8 Å². The van der Waals surface area contributed by atoms with E-state index in [-0.39, 0.29) is 29.4 Å². The molecule has 2 rings (SSSR count). The van der Waals surface area contributed by atoms with Crippen molar-refractivity contribution in [3.8, 4) is 23.3 Å². The van der Waals surface area contributed by atoms with E-state index in [0.29, 0.717) is 11.3 Å². The quantitative estimate of drug-likeness (QED) is 0.523. The number of ether oxygens (including phenoxy) is 3. The van der Waals surface area contributed by atoms with Crippen LogP contribution in [0.1, 0.15) is 11.1 Å². The number of nitrogens with one attached hydrogen (secondary N) is 1. The molecule has 8 nitrogen and oxygen atoms in total. The lowest BCUT2D eigenvalue weighted by Gasteiger charge is -2.14. The highest BCUT2D eigenvalue weighted by atomic mass is 16.5. The van der Waals surface area contributed by atoms with Crippen molar-refractivity contribution >= 4 is 23.6 Å². The van der Waals surface area contributed by atoms with Crippen LogP contribution >= 0.6 is 0 Å². The highest BCUT2D eigenvalue weighted by Crippen LogP contribution is 2.39. The molecule has 0 saturated carbocycles. The zero-order valence-corrected chi connectivity index (χ0v) is 16.3. The lowest BCUT2D eigenvalue weighted by molar-refractivity contribution is -0.120. The maximum absolute atomic E-state index is 12.5. The molecule has 2 aromatic carbocycles. The first-order valence-electron chi connectivity index (χ1n) is 8.55. The molecule has 0 aliphatic carbocycles. The van der Waals surface area contributed by atoms with Crippen molar-refractivity contribution < 1.29 is 23.8 Å². The molecule has 0 aliphatic heterocycles. The molecule has 0 radical (unpaired) electrons. The minimum absolute atomic E-state index is 0.108. The minimum Gasteiger partial charge on any atom is -0.493 e. The van der Waals surface area contributed by atoms with Gasteiger partial charge in [-0.15, -0.1) is 0 Å². The fraction of sp³-hybridized carbons (Fsp3) is 0.190. The van der Waals surface area contributed by atoms with Gasteiger partial charge in [-0.3, -0.25) is 9.59 Å². The summed E-state index contributed by atoms with van der Waals surface area (Å²) in [5.41, 5.74) is 6.96. The number of methoxy groups -OCH3 is 2. The zero-order valence-electron chi connectivity index (χ0n) is 16.3. The molecule has 2 aromatic rings. The Balaban J connectivity index is 2.37. The van der Waals surface area contributed by atoms with Crippen molar-refractivity contribution in [3.63, 3.8) is 0 Å². The monoisotopic (exact) mass is 395 g/mol. The van der Waals surface area contributed by atoms with Crippen molar-refractivity contribution in [2.75, 3.05) is 26.1 Å². The lowest BCUT2D eigenvalue weighted by atomic mass is 10.1. The summed E-state index contributed by atoms with van der Waals surface area (Å²) in [6.07, 6.45) is 1.40. The Kier molecular flexibility index (Phi) is 7.20. The van der Waals surface area contributed by atoms with Crippen LogP contribution in [0, 0.1) is 18.3 Å². The number of carbonyl (C=O) groups excluding carboxylic acids is 2. The Morgan fingerprint density at radius 2 is 1.79 bits per heavy atom. The second kappa shape index (κ2) is 9.80. The average Bonchev–Trinajstić information content (AvgIpc) is 2.71. The third-order valence-electron chi connectivity index (χ3n) is 3.91. The molecule has 0 fully saturated rings. The topological polar surface area (TPSA) is 124 Å². The molecule has 29 heavy (non-hydrogen) atoms. The van der Waals surface area contributed by atoms with E-state index in [9.17, 15) is 14.9 Å². The Bertz CT molecular complexity index is 967. The van der Waals surface area contributed by atoms with Crippen LogP contribution in [0.4, 0.5) is 5.69 Å². The fourth-order valence-electron chi connectivity index (χ4n) is 2.49. The van der Waals surface area contributed by atoms with Crippen molar-refractivity contribution in [2.24, 2.45) is 5.73 Å². The van der Waals surface area contributed by atoms with Gasteiger partial charge in [-0.05, 0) is 42.3 Å². The predicted molar refractivity (Wildman–Crippen MR) is 108 cm³/mol. The SMILES string of the molecule is COc1cc(/C=C(\C#N)C(=O)Nc2ccccc2C)cc(OC)c1OCC(N)=O. The van der Waals surface area contributed by atoms with Gasteiger partial charge in [-0.2, -0.15) is 5.26 Å². The predicted octanol–water partition coefficient (Wildman–Crippen LogP) is 2.42. The third-order valence-corrected chi connectivity index (χ3v) is 3.91. The van der Waals surface area contributed by atoms with Gasteiger partial charge >= 0.3 is 0 Å². The zero-order chi connectivity index (χ0) is 21.4. The van der Waals surface area contributed by atoms with Crippen LogP contribution in [0.3, 0.4) is 0 Å². The number of hydrogen-bond donors (Lipinski definition) is 2. The molecule has 150 valence electrons. The van der Waals surface area contributed by atoms with E-state index >= 15 is 0 Å². The number of nitrogens with two attached hydrogens (primary N) is 1. The highest BCUT2D eigenvalue weighted by Gasteiger charge is 2.16. The van der Waals surface area contributed by atoms with Gasteiger partial charge in [-0.25, -0.2) is 0 Å². The molecule has 0 bridgehead atoms. The summed E-state index contributed by atoms with van der Waals surface area (Å²) in [5, 5.41) is 12.2. The molecular weight excluding hydrogens is 374 g/mol. The molecule has 0 aliphatic rings. The van der Waals surface area contributed by atoms with Crippen molar-refractivity contribution in [2.45, 2.75) is 6.92 Å². The summed E-state index contributed by atoms with van der Waals surface area (Å²) >= 11 is 0. The maximum Gasteiger partial charge on any atom is 0.266 e. The van der Waals surface area contributed by atoms with Gasteiger partial charge in [0.1, 0.15) is 11.6 Å². The normalized spacial score (nSPS) is 10.6. The maximum atomic E-state index is 12.5. The van der Waals surface area contributed by atoms with E-state index in [1.165, 1.54) is 20.3 Å². The first-order chi connectivity index (χ1) is 13.9. The van der Waals surface area contributed by atoms with Crippen LogP contribution in [-0.2, 0) is 9.59 Å². The van der Waals surface area contributed by atoms with Gasteiger partial charge < -0.3 is 25.3 Å². The minimum atomic E-state index is -0.655. The van der Waals surface area contributed by atoms with Gasteiger partial charge in [0.05, 0.1) is 14.2 Å². The smallest absolute Gasteiger partial charge is 0.266 e. The average molecular weight is 395 g/mol. The Hall–Kier alpha value is -3.99. The lowest BCUT2D eigenvalue weighted by Crippen LogP contribution is -2.20. The second-order valence-corrected chi connectivity index (χ2v) is 5.95. The van der Waals surface area contributed by atoms with Crippen molar-refractivity contribution in [1.29, 1.82) is 5.26 Å². The number of hydrogen-bond acceptors (Lipinski definition) is 6. The molecule has 0 unspecified atom stereocenters. The highest BCUT2D eigenvalue weighted by molar-refractivity contribution is 6.10. The van der Waals surface area contributed by atoms with E-state index in [1.54, 1.807) is 24.3 Å². The summed E-state index contributed by atoms with van der Waals surface area (Å²) in [4.78, 5) is 23.5. The third kappa shape index (κ3) is 5.49. The largest absolute Gasteiger partial charge is 0.493 e. The Morgan fingerprint density at radius 3 is 2.31 bits per heavy atom. The molecule has 0 aromatic heterocycles. The first-order valence-corrected chi connectivity index (χ1v) is 8.55. The molecule has 0 saturated heterocycles. The number of anilines is 1. The van der Waals surface area contributed by atoms with Gasteiger partial charge in [-0.1, -0.05) is 18.2 Å².